The van der Waals surface area contributed by atoms with E-state index < -0.39 is 0 Å². The summed E-state index contributed by atoms with van der Waals surface area (Å²) in [6, 6.07) is 2.27. The molecule has 118 valence electrons. The first kappa shape index (κ1) is 16.3. The molecule has 1 saturated heterocycles. The van der Waals surface area contributed by atoms with Crippen molar-refractivity contribution in [3.63, 3.8) is 0 Å². The van der Waals surface area contributed by atoms with Gasteiger partial charge in [-0.3, -0.25) is 4.90 Å². The lowest BCUT2D eigenvalue weighted by Gasteiger charge is -2.46. The van der Waals surface area contributed by atoms with Gasteiger partial charge in [0.1, 0.15) is 0 Å². The Morgan fingerprint density at radius 2 is 1.85 bits per heavy atom. The van der Waals surface area contributed by atoms with Crippen LogP contribution in [-0.2, 0) is 0 Å². The first-order valence-corrected chi connectivity index (χ1v) is 8.75. The van der Waals surface area contributed by atoms with E-state index in [0.29, 0.717) is 0 Å². The van der Waals surface area contributed by atoms with Crippen molar-refractivity contribution in [2.75, 3.05) is 33.7 Å². The predicted molar refractivity (Wildman–Crippen MR) is 87.2 cm³/mol. The maximum atomic E-state index is 3.82. The quantitative estimate of drug-likeness (QED) is 0.835. The van der Waals surface area contributed by atoms with Gasteiger partial charge >= 0.3 is 0 Å². The van der Waals surface area contributed by atoms with Crippen LogP contribution in [0.3, 0.4) is 0 Å². The number of likely N-dealkylation sites (tertiary alicyclic amines) is 1. The fourth-order valence-corrected chi connectivity index (χ4v) is 4.04. The third-order valence-electron chi connectivity index (χ3n) is 5.52. The number of likely N-dealkylation sites (N-methyl/N-ethyl adjacent to an activating group) is 1. The second-order valence-electron chi connectivity index (χ2n) is 7.25. The molecule has 3 heteroatoms. The van der Waals surface area contributed by atoms with E-state index in [1.54, 1.807) is 0 Å². The molecule has 1 heterocycles. The zero-order valence-corrected chi connectivity index (χ0v) is 14.1. The van der Waals surface area contributed by atoms with Crippen molar-refractivity contribution < 1.29 is 0 Å². The molecule has 2 fully saturated rings. The largest absolute Gasteiger partial charge is 0.312 e. The van der Waals surface area contributed by atoms with Crippen LogP contribution in [0, 0.1) is 5.92 Å². The zero-order valence-electron chi connectivity index (χ0n) is 14.1. The summed E-state index contributed by atoms with van der Waals surface area (Å²) in [5, 5.41) is 3.82. The minimum atomic E-state index is 0.718. The molecule has 2 rings (SSSR count). The van der Waals surface area contributed by atoms with E-state index in [9.17, 15) is 0 Å². The molecule has 0 radical (unpaired) electrons. The topological polar surface area (TPSA) is 18.5 Å². The van der Waals surface area contributed by atoms with E-state index >= 15 is 0 Å². The monoisotopic (exact) mass is 281 g/mol. The molecule has 0 bridgehead atoms. The third-order valence-corrected chi connectivity index (χ3v) is 5.52. The number of rotatable bonds is 5. The van der Waals surface area contributed by atoms with Gasteiger partial charge in [0.15, 0.2) is 0 Å². The Kier molecular flexibility index (Phi) is 6.31. The van der Waals surface area contributed by atoms with Gasteiger partial charge in [0.05, 0.1) is 0 Å². The Morgan fingerprint density at radius 1 is 1.15 bits per heavy atom. The number of nitrogens with zero attached hydrogens (tertiary/aromatic N) is 2. The average molecular weight is 281 g/mol. The summed E-state index contributed by atoms with van der Waals surface area (Å²) in [6.45, 7) is 8.42. The number of hydrogen-bond acceptors (Lipinski definition) is 3. The van der Waals surface area contributed by atoms with Gasteiger partial charge in [-0.25, -0.2) is 0 Å². The second-order valence-corrected chi connectivity index (χ2v) is 7.25. The molecule has 1 aliphatic carbocycles. The van der Waals surface area contributed by atoms with E-state index in [-0.39, 0.29) is 0 Å². The highest BCUT2D eigenvalue weighted by Gasteiger charge is 2.34. The van der Waals surface area contributed by atoms with E-state index in [1.165, 1.54) is 58.2 Å². The van der Waals surface area contributed by atoms with Crippen molar-refractivity contribution >= 4 is 0 Å². The standard InChI is InChI=1S/C17H35N3/c1-5-10-18-16-7-6-14(2)13-17(16)20(4)15-8-11-19(3)12-9-15/h14-18H,5-13H2,1-4H3. The molecule has 0 aromatic carbocycles. The lowest BCUT2D eigenvalue weighted by molar-refractivity contribution is 0.0571. The molecular formula is C17H35N3. The summed E-state index contributed by atoms with van der Waals surface area (Å²) < 4.78 is 0. The van der Waals surface area contributed by atoms with Crippen LogP contribution in [-0.4, -0.2) is 61.7 Å². The summed E-state index contributed by atoms with van der Waals surface area (Å²) in [6.07, 6.45) is 8.08. The molecule has 3 nitrogen and oxygen atoms in total. The molecule has 20 heavy (non-hydrogen) atoms. The summed E-state index contributed by atoms with van der Waals surface area (Å²) in [5.41, 5.74) is 0. The highest BCUT2D eigenvalue weighted by molar-refractivity contribution is 4.92. The van der Waals surface area contributed by atoms with Crippen molar-refractivity contribution in [1.29, 1.82) is 0 Å². The molecular weight excluding hydrogens is 246 g/mol. The van der Waals surface area contributed by atoms with E-state index in [4.69, 9.17) is 0 Å². The van der Waals surface area contributed by atoms with Crippen LogP contribution in [0.5, 0.6) is 0 Å². The van der Waals surface area contributed by atoms with Gasteiger partial charge in [0.2, 0.25) is 0 Å². The lowest BCUT2D eigenvalue weighted by Crippen LogP contribution is -2.56. The van der Waals surface area contributed by atoms with Crippen LogP contribution < -0.4 is 5.32 Å². The van der Waals surface area contributed by atoms with Gasteiger partial charge in [-0.05, 0) is 78.2 Å². The van der Waals surface area contributed by atoms with Crippen molar-refractivity contribution in [3.05, 3.63) is 0 Å². The summed E-state index contributed by atoms with van der Waals surface area (Å²) in [5.74, 6) is 0.897. The Hall–Kier alpha value is -0.120. The molecule has 1 saturated carbocycles. The van der Waals surface area contributed by atoms with Gasteiger partial charge in [0, 0.05) is 18.1 Å². The van der Waals surface area contributed by atoms with Crippen LogP contribution in [0.2, 0.25) is 0 Å². The zero-order chi connectivity index (χ0) is 14.5. The van der Waals surface area contributed by atoms with Crippen LogP contribution in [0.25, 0.3) is 0 Å². The maximum absolute atomic E-state index is 3.82. The Morgan fingerprint density at radius 3 is 2.50 bits per heavy atom. The minimum absolute atomic E-state index is 0.718. The Bertz CT molecular complexity index is 271. The summed E-state index contributed by atoms with van der Waals surface area (Å²) in [7, 11) is 4.64. The van der Waals surface area contributed by atoms with Crippen molar-refractivity contribution in [1.82, 2.24) is 15.1 Å². The number of piperidine rings is 1. The number of hydrogen-bond donors (Lipinski definition) is 1. The smallest absolute Gasteiger partial charge is 0.0251 e. The normalized spacial score (nSPS) is 33.8. The molecule has 0 spiro atoms. The summed E-state index contributed by atoms with van der Waals surface area (Å²) >= 11 is 0. The van der Waals surface area contributed by atoms with Gasteiger partial charge in [-0.15, -0.1) is 0 Å². The van der Waals surface area contributed by atoms with Gasteiger partial charge in [-0.2, -0.15) is 0 Å². The van der Waals surface area contributed by atoms with Crippen LogP contribution in [0.4, 0.5) is 0 Å². The van der Waals surface area contributed by atoms with Gasteiger partial charge in [0.25, 0.3) is 0 Å². The van der Waals surface area contributed by atoms with Gasteiger partial charge < -0.3 is 10.2 Å². The SMILES string of the molecule is CCCNC1CCC(C)CC1N(C)C1CCN(C)CC1. The molecule has 2 aliphatic rings. The fourth-order valence-electron chi connectivity index (χ4n) is 4.04. The van der Waals surface area contributed by atoms with Gasteiger partial charge in [-0.1, -0.05) is 13.8 Å². The van der Waals surface area contributed by atoms with E-state index in [2.05, 4.69) is 43.1 Å². The lowest BCUT2D eigenvalue weighted by atomic mass is 9.81. The molecule has 0 aromatic heterocycles. The third kappa shape index (κ3) is 4.19. The van der Waals surface area contributed by atoms with Crippen LogP contribution in [0.15, 0.2) is 0 Å². The van der Waals surface area contributed by atoms with Crippen molar-refractivity contribution in [2.24, 2.45) is 5.92 Å². The Labute approximate surface area is 126 Å². The summed E-state index contributed by atoms with van der Waals surface area (Å²) in [4.78, 5) is 5.20. The van der Waals surface area contributed by atoms with Crippen LogP contribution >= 0.6 is 0 Å². The van der Waals surface area contributed by atoms with Crippen LogP contribution in [0.1, 0.15) is 52.4 Å². The van der Waals surface area contributed by atoms with Crippen molar-refractivity contribution in [3.8, 4) is 0 Å². The highest BCUT2D eigenvalue weighted by Crippen LogP contribution is 2.30. The minimum Gasteiger partial charge on any atom is -0.312 e. The maximum Gasteiger partial charge on any atom is 0.0251 e. The fraction of sp³-hybridized carbons (Fsp3) is 1.00. The van der Waals surface area contributed by atoms with E-state index in [1.807, 2.05) is 0 Å². The second kappa shape index (κ2) is 7.77. The van der Waals surface area contributed by atoms with Crippen molar-refractivity contribution in [2.45, 2.75) is 70.5 Å². The highest BCUT2D eigenvalue weighted by atomic mass is 15.2. The molecule has 0 aromatic rings. The molecule has 1 N–H and O–H groups in total. The average Bonchev–Trinajstić information content (AvgIpc) is 2.46. The molecule has 3 atom stereocenters. The molecule has 1 aliphatic heterocycles. The molecule has 3 unspecified atom stereocenters. The molecule has 0 amide bonds. The first-order valence-electron chi connectivity index (χ1n) is 8.75. The van der Waals surface area contributed by atoms with E-state index in [0.717, 1.165) is 24.0 Å². The first-order chi connectivity index (χ1) is 9.61. The number of nitrogens with one attached hydrogen (secondary N) is 1. The predicted octanol–water partition coefficient (Wildman–Crippen LogP) is 2.57. The Balaban J connectivity index is 1.94.